The number of likely N-dealkylation sites (tertiary alicyclic amines) is 2. The van der Waals surface area contributed by atoms with Gasteiger partial charge in [0.1, 0.15) is 5.60 Å². The Morgan fingerprint density at radius 3 is 1.96 bits per heavy atom. The molecule has 0 spiro atoms. The van der Waals surface area contributed by atoms with Gasteiger partial charge in [-0.15, -0.1) is 0 Å². The first-order valence-electron chi connectivity index (χ1n) is 11.0. The Labute approximate surface area is 160 Å². The molecule has 4 atom stereocenters. The third kappa shape index (κ3) is 4.94. The van der Waals surface area contributed by atoms with E-state index in [0.29, 0.717) is 6.04 Å². The Balaban J connectivity index is 0.000000167. The SMILES string of the molecule is CC(C)(C)OC(=O)N1CCC[C@@H]2CCCC21.CN1CCC[C@@H]2CCCC21. The van der Waals surface area contributed by atoms with Crippen molar-refractivity contribution < 1.29 is 9.53 Å². The smallest absolute Gasteiger partial charge is 0.410 e. The van der Waals surface area contributed by atoms with Crippen molar-refractivity contribution in [3.63, 3.8) is 0 Å². The molecule has 4 nitrogen and oxygen atoms in total. The molecule has 0 aromatic rings. The van der Waals surface area contributed by atoms with Gasteiger partial charge in [0, 0.05) is 18.6 Å². The van der Waals surface area contributed by atoms with E-state index in [1.807, 2.05) is 25.7 Å². The molecule has 4 aliphatic rings. The highest BCUT2D eigenvalue weighted by Gasteiger charge is 2.39. The van der Waals surface area contributed by atoms with Crippen LogP contribution in [0.1, 0.15) is 85.0 Å². The number of carbonyl (C=O) groups is 1. The molecule has 2 saturated heterocycles. The van der Waals surface area contributed by atoms with Crippen molar-refractivity contribution >= 4 is 6.09 Å². The summed E-state index contributed by atoms with van der Waals surface area (Å²) in [5, 5.41) is 0. The molecule has 0 aromatic heterocycles. The Hall–Kier alpha value is -0.770. The second-order valence-corrected chi connectivity index (χ2v) is 9.96. The lowest BCUT2D eigenvalue weighted by atomic mass is 9.92. The highest BCUT2D eigenvalue weighted by molar-refractivity contribution is 5.68. The molecule has 4 heteroatoms. The topological polar surface area (TPSA) is 32.8 Å². The average molecular weight is 365 g/mol. The molecule has 4 rings (SSSR count). The molecule has 26 heavy (non-hydrogen) atoms. The molecule has 1 amide bonds. The van der Waals surface area contributed by atoms with Gasteiger partial charge in [0.25, 0.3) is 0 Å². The van der Waals surface area contributed by atoms with Crippen LogP contribution in [0.4, 0.5) is 4.79 Å². The zero-order chi connectivity index (χ0) is 18.7. The maximum atomic E-state index is 12.1. The zero-order valence-corrected chi connectivity index (χ0v) is 17.5. The lowest BCUT2D eigenvalue weighted by Gasteiger charge is -2.38. The van der Waals surface area contributed by atoms with E-state index in [2.05, 4.69) is 11.9 Å². The maximum absolute atomic E-state index is 12.1. The maximum Gasteiger partial charge on any atom is 0.410 e. The van der Waals surface area contributed by atoms with Crippen molar-refractivity contribution in [1.82, 2.24) is 9.80 Å². The molecule has 2 unspecified atom stereocenters. The van der Waals surface area contributed by atoms with Crippen LogP contribution in [0, 0.1) is 11.8 Å². The molecule has 2 aliphatic heterocycles. The van der Waals surface area contributed by atoms with Crippen molar-refractivity contribution in [3.05, 3.63) is 0 Å². The van der Waals surface area contributed by atoms with Crippen LogP contribution in [0.3, 0.4) is 0 Å². The number of hydrogen-bond acceptors (Lipinski definition) is 3. The van der Waals surface area contributed by atoms with E-state index in [9.17, 15) is 4.79 Å². The Morgan fingerprint density at radius 1 is 0.808 bits per heavy atom. The molecule has 0 bridgehead atoms. The highest BCUT2D eigenvalue weighted by Crippen LogP contribution is 2.37. The number of amides is 1. The monoisotopic (exact) mass is 364 g/mol. The number of hydrogen-bond donors (Lipinski definition) is 0. The molecule has 150 valence electrons. The summed E-state index contributed by atoms with van der Waals surface area (Å²) < 4.78 is 5.47. The van der Waals surface area contributed by atoms with E-state index in [1.165, 1.54) is 64.3 Å². The minimum atomic E-state index is -0.372. The van der Waals surface area contributed by atoms with Gasteiger partial charge in [-0.1, -0.05) is 12.8 Å². The fraction of sp³-hybridized carbons (Fsp3) is 0.955. The van der Waals surface area contributed by atoms with E-state index in [1.54, 1.807) is 0 Å². The van der Waals surface area contributed by atoms with Gasteiger partial charge in [-0.05, 0) is 97.6 Å². The third-order valence-corrected chi connectivity index (χ3v) is 6.89. The van der Waals surface area contributed by atoms with Crippen LogP contribution in [0.5, 0.6) is 0 Å². The first-order chi connectivity index (χ1) is 12.3. The van der Waals surface area contributed by atoms with Gasteiger partial charge in [0.2, 0.25) is 0 Å². The van der Waals surface area contributed by atoms with Crippen LogP contribution >= 0.6 is 0 Å². The largest absolute Gasteiger partial charge is 0.444 e. The summed E-state index contributed by atoms with van der Waals surface area (Å²) >= 11 is 0. The number of fused-ring (bicyclic) bond motifs is 2. The minimum absolute atomic E-state index is 0.107. The molecule has 0 aromatic carbocycles. The van der Waals surface area contributed by atoms with E-state index in [0.717, 1.165) is 30.8 Å². The predicted octanol–water partition coefficient (Wildman–Crippen LogP) is 5.07. The van der Waals surface area contributed by atoms with Gasteiger partial charge < -0.3 is 14.5 Å². The summed E-state index contributed by atoms with van der Waals surface area (Å²) in [6.07, 6.45) is 13.5. The first kappa shape index (κ1) is 20.0. The molecule has 2 saturated carbocycles. The van der Waals surface area contributed by atoms with Crippen molar-refractivity contribution in [2.24, 2.45) is 11.8 Å². The van der Waals surface area contributed by atoms with Crippen LogP contribution in [0.2, 0.25) is 0 Å². The summed E-state index contributed by atoms with van der Waals surface area (Å²) in [5.74, 6) is 1.81. The second kappa shape index (κ2) is 8.50. The summed E-state index contributed by atoms with van der Waals surface area (Å²) in [4.78, 5) is 16.6. The fourth-order valence-corrected chi connectivity index (χ4v) is 5.70. The predicted molar refractivity (Wildman–Crippen MR) is 106 cm³/mol. The van der Waals surface area contributed by atoms with E-state index < -0.39 is 0 Å². The lowest BCUT2D eigenvalue weighted by Crippen LogP contribution is -2.48. The normalized spacial score (nSPS) is 34.5. The highest BCUT2D eigenvalue weighted by atomic mass is 16.6. The van der Waals surface area contributed by atoms with Crippen LogP contribution < -0.4 is 0 Å². The van der Waals surface area contributed by atoms with Crippen molar-refractivity contribution in [3.8, 4) is 0 Å². The average Bonchev–Trinajstić information content (AvgIpc) is 3.23. The van der Waals surface area contributed by atoms with Crippen LogP contribution in [0.25, 0.3) is 0 Å². The Morgan fingerprint density at radius 2 is 1.35 bits per heavy atom. The van der Waals surface area contributed by atoms with Crippen molar-refractivity contribution in [2.45, 2.75) is 103 Å². The van der Waals surface area contributed by atoms with Crippen molar-refractivity contribution in [2.75, 3.05) is 20.1 Å². The summed E-state index contributed by atoms with van der Waals surface area (Å²) in [6.45, 7) is 8.03. The molecular weight excluding hydrogens is 324 g/mol. The van der Waals surface area contributed by atoms with Gasteiger partial charge in [-0.25, -0.2) is 4.79 Å². The quantitative estimate of drug-likeness (QED) is 0.602. The minimum Gasteiger partial charge on any atom is -0.444 e. The van der Waals surface area contributed by atoms with Gasteiger partial charge in [-0.2, -0.15) is 0 Å². The van der Waals surface area contributed by atoms with E-state index >= 15 is 0 Å². The standard InChI is InChI=1S/C13H23NO2.C9H17N/c1-13(2,3)16-12(15)14-9-5-7-10-6-4-8-11(10)14;1-10-7-3-5-8-4-2-6-9(8)10/h10-11H,4-9H2,1-3H3;8-9H,2-7H2,1H3/t10-,11?;8-,9?/m00/s1. The van der Waals surface area contributed by atoms with E-state index in [-0.39, 0.29) is 11.7 Å². The molecule has 2 heterocycles. The number of carbonyl (C=O) groups excluding carboxylic acids is 1. The van der Waals surface area contributed by atoms with Crippen molar-refractivity contribution in [1.29, 1.82) is 0 Å². The third-order valence-electron chi connectivity index (χ3n) is 6.89. The molecule has 2 aliphatic carbocycles. The Bertz CT molecular complexity index is 473. The van der Waals surface area contributed by atoms with Crippen LogP contribution in [-0.2, 0) is 4.74 Å². The molecule has 0 radical (unpaired) electrons. The van der Waals surface area contributed by atoms with Gasteiger partial charge in [-0.3, -0.25) is 0 Å². The fourth-order valence-electron chi connectivity index (χ4n) is 5.70. The number of piperidine rings is 2. The summed E-state index contributed by atoms with van der Waals surface area (Å²) in [7, 11) is 2.29. The molecule has 0 N–H and O–H groups in total. The second-order valence-electron chi connectivity index (χ2n) is 9.96. The molecular formula is C22H40N2O2. The number of ether oxygens (including phenoxy) is 1. The number of rotatable bonds is 0. The van der Waals surface area contributed by atoms with Gasteiger partial charge in [0.15, 0.2) is 0 Å². The first-order valence-corrected chi connectivity index (χ1v) is 11.0. The lowest BCUT2D eigenvalue weighted by molar-refractivity contribution is 0.00434. The zero-order valence-electron chi connectivity index (χ0n) is 17.5. The number of nitrogens with zero attached hydrogens (tertiary/aromatic N) is 2. The summed E-state index contributed by atoms with van der Waals surface area (Å²) in [6, 6.07) is 1.43. The van der Waals surface area contributed by atoms with Gasteiger partial charge in [0.05, 0.1) is 0 Å². The van der Waals surface area contributed by atoms with Crippen LogP contribution in [-0.4, -0.2) is 53.7 Å². The van der Waals surface area contributed by atoms with Gasteiger partial charge >= 0.3 is 6.09 Å². The Kier molecular flexibility index (Phi) is 6.53. The van der Waals surface area contributed by atoms with E-state index in [4.69, 9.17) is 4.74 Å². The summed E-state index contributed by atoms with van der Waals surface area (Å²) in [5.41, 5.74) is -0.372. The molecule has 4 fully saturated rings. The van der Waals surface area contributed by atoms with Crippen LogP contribution in [0.15, 0.2) is 0 Å².